The Balaban J connectivity index is 0.000000494. The summed E-state index contributed by atoms with van der Waals surface area (Å²) in [7, 11) is 1.94. The average Bonchev–Trinajstić information content (AvgIpc) is 3.38. The predicted octanol–water partition coefficient (Wildman–Crippen LogP) is 6.65. The fourth-order valence-electron chi connectivity index (χ4n) is 3.79. The summed E-state index contributed by atoms with van der Waals surface area (Å²) in [6.45, 7) is 0. The Morgan fingerprint density at radius 1 is 1.08 bits per heavy atom. The number of fused-ring (bicyclic) bond motifs is 1. The Morgan fingerprint density at radius 3 is 2.39 bits per heavy atom. The van der Waals surface area contributed by atoms with Crippen molar-refractivity contribution in [3.05, 3.63) is 118 Å². The molecule has 0 amide bonds. The summed E-state index contributed by atoms with van der Waals surface area (Å²) in [4.78, 5) is 20.1. The minimum absolute atomic E-state index is 0.0118. The van der Waals surface area contributed by atoms with E-state index >= 15 is 4.39 Å². The van der Waals surface area contributed by atoms with Gasteiger partial charge in [0.1, 0.15) is 0 Å². The largest absolute Gasteiger partial charge is 0.491 e. The minimum Gasteiger partial charge on any atom is -0.341 e. The van der Waals surface area contributed by atoms with Gasteiger partial charge in [0.25, 0.3) is 5.56 Å². The van der Waals surface area contributed by atoms with Crippen LogP contribution in [0.5, 0.6) is 0 Å². The third-order valence-electron chi connectivity index (χ3n) is 5.58. The quantitative estimate of drug-likeness (QED) is 0.191. The van der Waals surface area contributed by atoms with Gasteiger partial charge in [-0.15, -0.1) is 19.6 Å². The van der Waals surface area contributed by atoms with E-state index in [4.69, 9.17) is 18.0 Å². The molecule has 1 unspecified atom stereocenters. The van der Waals surface area contributed by atoms with E-state index in [9.17, 15) is 18.0 Å². The van der Waals surface area contributed by atoms with Crippen LogP contribution in [0.1, 0.15) is 23.0 Å². The van der Waals surface area contributed by atoms with Crippen molar-refractivity contribution in [3.8, 4) is 23.5 Å². The predicted molar refractivity (Wildman–Crippen MR) is 138 cm³/mol. The van der Waals surface area contributed by atoms with E-state index in [1.54, 1.807) is 36.8 Å². The highest BCUT2D eigenvalue weighted by atomic mass is 35.5. The molecule has 0 saturated carbocycles. The molecular formula is C28H19ClF4N4O. The highest BCUT2D eigenvalue weighted by Crippen LogP contribution is 2.34. The van der Waals surface area contributed by atoms with Crippen LogP contribution in [0.15, 0.2) is 90.4 Å². The second-order valence-corrected chi connectivity index (χ2v) is 8.63. The van der Waals surface area contributed by atoms with E-state index in [-0.39, 0.29) is 26.8 Å². The Bertz CT molecular complexity index is 1670. The lowest BCUT2D eigenvalue weighted by Crippen LogP contribution is -2.31. The van der Waals surface area contributed by atoms with E-state index in [1.807, 2.05) is 17.8 Å². The van der Waals surface area contributed by atoms with Gasteiger partial charge in [-0.05, 0) is 47.0 Å². The molecule has 0 aliphatic carbocycles. The van der Waals surface area contributed by atoms with Gasteiger partial charge < -0.3 is 4.57 Å². The molecule has 5 rings (SSSR count). The summed E-state index contributed by atoms with van der Waals surface area (Å²) in [6, 6.07) is 14.5. The fourth-order valence-corrected chi connectivity index (χ4v) is 3.91. The summed E-state index contributed by atoms with van der Waals surface area (Å²) in [6.07, 6.45) is 4.97. The van der Waals surface area contributed by atoms with Crippen LogP contribution in [0.25, 0.3) is 22.0 Å². The maximum atomic E-state index is 15.2. The molecule has 5 aromatic rings. The van der Waals surface area contributed by atoms with Crippen LogP contribution in [0.4, 0.5) is 17.6 Å². The van der Waals surface area contributed by atoms with Gasteiger partial charge >= 0.3 is 6.30 Å². The van der Waals surface area contributed by atoms with Crippen LogP contribution in [-0.4, -0.2) is 19.1 Å². The van der Waals surface area contributed by atoms with E-state index in [2.05, 4.69) is 15.9 Å². The number of benzene rings is 2. The molecule has 3 heterocycles. The molecule has 0 N–H and O–H groups in total. The molecule has 0 fully saturated rings. The molecule has 0 aliphatic rings. The van der Waals surface area contributed by atoms with Crippen molar-refractivity contribution in [1.82, 2.24) is 19.1 Å². The molecule has 10 heteroatoms. The van der Waals surface area contributed by atoms with E-state index in [0.29, 0.717) is 16.1 Å². The topological polar surface area (TPSA) is 52.7 Å². The SMILES string of the molecule is C#Cc1cccc(-c2cc(=O)n(C(F)(F)F)c3cnc(C(F)c4ccc(Cl)cc4)cc23)c1.Cn1ccnc1. The minimum atomic E-state index is -4.98. The molecule has 0 radical (unpaired) electrons. The molecule has 2 aromatic carbocycles. The van der Waals surface area contributed by atoms with E-state index < -0.39 is 23.5 Å². The normalized spacial score (nSPS) is 11.9. The molecule has 5 nitrogen and oxygen atoms in total. The van der Waals surface area contributed by atoms with Gasteiger partial charge in [-0.3, -0.25) is 9.78 Å². The zero-order valence-electron chi connectivity index (χ0n) is 19.8. The van der Waals surface area contributed by atoms with Crippen LogP contribution >= 0.6 is 11.6 Å². The van der Waals surface area contributed by atoms with Crippen molar-refractivity contribution in [2.24, 2.45) is 7.05 Å². The molecular weight excluding hydrogens is 520 g/mol. The summed E-state index contributed by atoms with van der Waals surface area (Å²) < 4.78 is 57.6. The number of hydrogen-bond acceptors (Lipinski definition) is 3. The van der Waals surface area contributed by atoms with Gasteiger partial charge in [0.2, 0.25) is 0 Å². The first-order valence-electron chi connectivity index (χ1n) is 11.1. The first-order chi connectivity index (χ1) is 18.1. The van der Waals surface area contributed by atoms with Crippen molar-refractivity contribution in [3.63, 3.8) is 0 Å². The van der Waals surface area contributed by atoms with Gasteiger partial charge in [-0.25, -0.2) is 13.9 Å². The van der Waals surface area contributed by atoms with Crippen molar-refractivity contribution in [2.75, 3.05) is 0 Å². The third kappa shape index (κ3) is 5.76. The number of aromatic nitrogens is 4. The molecule has 0 aliphatic heterocycles. The number of rotatable bonds is 3. The number of imidazole rings is 1. The smallest absolute Gasteiger partial charge is 0.341 e. The molecule has 3 aromatic heterocycles. The van der Waals surface area contributed by atoms with Gasteiger partial charge in [0, 0.05) is 41.5 Å². The number of nitrogens with zero attached hydrogens (tertiary/aromatic N) is 4. The van der Waals surface area contributed by atoms with Crippen molar-refractivity contribution in [2.45, 2.75) is 12.5 Å². The highest BCUT2D eigenvalue weighted by molar-refractivity contribution is 6.30. The van der Waals surface area contributed by atoms with Gasteiger partial charge in [-0.2, -0.15) is 0 Å². The summed E-state index contributed by atoms with van der Waals surface area (Å²) in [5, 5.41) is 0.426. The first kappa shape index (κ1) is 26.6. The van der Waals surface area contributed by atoms with E-state index in [1.165, 1.54) is 30.3 Å². The number of halogens is 5. The van der Waals surface area contributed by atoms with Crippen LogP contribution < -0.4 is 5.56 Å². The van der Waals surface area contributed by atoms with Crippen molar-refractivity contribution in [1.29, 1.82) is 0 Å². The Labute approximate surface area is 220 Å². The van der Waals surface area contributed by atoms with Crippen LogP contribution in [0, 0.1) is 12.3 Å². The number of terminal acetylenes is 1. The van der Waals surface area contributed by atoms with Crippen molar-refractivity contribution < 1.29 is 17.6 Å². The Morgan fingerprint density at radius 2 is 1.82 bits per heavy atom. The maximum absolute atomic E-state index is 15.2. The first-order valence-corrected chi connectivity index (χ1v) is 11.5. The standard InChI is InChI=1S/C24H13ClF4N2O.C4H6N2/c1-2-14-4-3-5-16(10-14)18-12-22(32)31(24(27,28)29)21-13-30-20(11-19(18)21)23(26)15-6-8-17(25)9-7-15;1-6-3-2-5-4-6/h1,3-13,23H;2-4H,1H3. The van der Waals surface area contributed by atoms with Gasteiger partial charge in [0.15, 0.2) is 6.17 Å². The summed E-state index contributed by atoms with van der Waals surface area (Å²) in [5.41, 5.74) is -0.545. The lowest BCUT2D eigenvalue weighted by molar-refractivity contribution is -0.203. The number of alkyl halides is 4. The fraction of sp³-hybridized carbons (Fsp3) is 0.107. The molecule has 38 heavy (non-hydrogen) atoms. The number of pyridine rings is 2. The Hall–Kier alpha value is -4.42. The lowest BCUT2D eigenvalue weighted by atomic mass is 9.98. The third-order valence-corrected chi connectivity index (χ3v) is 5.83. The average molecular weight is 539 g/mol. The van der Waals surface area contributed by atoms with Gasteiger partial charge in [0.05, 0.1) is 23.7 Å². The molecule has 192 valence electrons. The zero-order chi connectivity index (χ0) is 27.4. The molecule has 0 bridgehead atoms. The number of hydrogen-bond donors (Lipinski definition) is 0. The molecule has 0 saturated heterocycles. The van der Waals surface area contributed by atoms with Crippen LogP contribution in [0.2, 0.25) is 5.02 Å². The van der Waals surface area contributed by atoms with Crippen LogP contribution in [-0.2, 0) is 13.3 Å². The highest BCUT2D eigenvalue weighted by Gasteiger charge is 2.34. The second kappa shape index (κ2) is 10.9. The molecule has 1 atom stereocenters. The summed E-state index contributed by atoms with van der Waals surface area (Å²) >= 11 is 5.84. The zero-order valence-corrected chi connectivity index (χ0v) is 20.6. The second-order valence-electron chi connectivity index (χ2n) is 8.19. The van der Waals surface area contributed by atoms with Crippen molar-refractivity contribution >= 4 is 22.5 Å². The maximum Gasteiger partial charge on any atom is 0.491 e. The summed E-state index contributed by atoms with van der Waals surface area (Å²) in [5.74, 6) is 2.44. The molecule has 0 spiro atoms. The lowest BCUT2D eigenvalue weighted by Gasteiger charge is -2.17. The van der Waals surface area contributed by atoms with Gasteiger partial charge in [-0.1, -0.05) is 41.8 Å². The number of aryl methyl sites for hydroxylation is 1. The van der Waals surface area contributed by atoms with E-state index in [0.717, 1.165) is 12.3 Å². The van der Waals surface area contributed by atoms with Crippen LogP contribution in [0.3, 0.4) is 0 Å². The Kier molecular flexibility index (Phi) is 7.65. The monoisotopic (exact) mass is 538 g/mol.